The van der Waals surface area contributed by atoms with Gasteiger partial charge in [-0.1, -0.05) is 13.8 Å². The van der Waals surface area contributed by atoms with E-state index in [4.69, 9.17) is 14.2 Å². The molecule has 1 aliphatic heterocycles. The zero-order valence-electron chi connectivity index (χ0n) is 18.6. The molecular formula is C25H34O6. The van der Waals surface area contributed by atoms with E-state index in [1.165, 1.54) is 19.3 Å². The van der Waals surface area contributed by atoms with Gasteiger partial charge in [0.2, 0.25) is 0 Å². The molecule has 31 heavy (non-hydrogen) atoms. The van der Waals surface area contributed by atoms with Gasteiger partial charge in [0.15, 0.2) is 0 Å². The Morgan fingerprint density at radius 2 is 1.42 bits per heavy atom. The molecule has 6 bridgehead atoms. The van der Waals surface area contributed by atoms with Crippen molar-refractivity contribution >= 4 is 17.9 Å². The van der Waals surface area contributed by atoms with Gasteiger partial charge in [-0.3, -0.25) is 14.4 Å². The Morgan fingerprint density at radius 1 is 0.871 bits per heavy atom. The molecule has 0 amide bonds. The standard InChI is InChI=1S/C25H34O6/c1-12-13(2)19-7-18(12)21(23(27)30-17-6-20(26)29-11-17)22(19)24(28)31-25-8-14-3-15(9-25)5-16(4-14)10-25/h12-19,21-22H,3-11H2,1-2H3. The number of fused-ring (bicyclic) bond motifs is 2. The average molecular weight is 431 g/mol. The zero-order chi connectivity index (χ0) is 21.5. The van der Waals surface area contributed by atoms with Crippen molar-refractivity contribution in [3.63, 3.8) is 0 Å². The van der Waals surface area contributed by atoms with Crippen LogP contribution in [-0.2, 0) is 28.6 Å². The lowest BCUT2D eigenvalue weighted by atomic mass is 9.54. The van der Waals surface area contributed by atoms with Gasteiger partial charge in [0, 0.05) is 0 Å². The van der Waals surface area contributed by atoms with Crippen LogP contribution in [0.4, 0.5) is 0 Å². The SMILES string of the molecule is CC1C(C)C2CC1C(C(=O)OC1COC(=O)C1)C2C(=O)OC12CC3CC(CC(C3)C1)C2. The van der Waals surface area contributed by atoms with Gasteiger partial charge in [-0.05, 0) is 86.4 Å². The second-order valence-electron chi connectivity index (χ2n) is 11.8. The number of cyclic esters (lactones) is 1. The molecule has 7 atom stereocenters. The molecule has 1 heterocycles. The van der Waals surface area contributed by atoms with Crippen molar-refractivity contribution in [1.82, 2.24) is 0 Å². The predicted octanol–water partition coefficient (Wildman–Crippen LogP) is 3.51. The minimum atomic E-state index is -0.522. The summed E-state index contributed by atoms with van der Waals surface area (Å²) < 4.78 is 17.1. The summed E-state index contributed by atoms with van der Waals surface area (Å²) in [5.41, 5.74) is -0.289. The fourth-order valence-corrected chi connectivity index (χ4v) is 8.89. The van der Waals surface area contributed by atoms with Crippen LogP contribution in [0.25, 0.3) is 0 Å². The Hall–Kier alpha value is -1.59. The van der Waals surface area contributed by atoms with E-state index < -0.39 is 17.9 Å². The first-order chi connectivity index (χ1) is 14.8. The van der Waals surface area contributed by atoms with Crippen LogP contribution >= 0.6 is 0 Å². The third-order valence-electron chi connectivity index (χ3n) is 9.98. The Kier molecular flexibility index (Phi) is 4.50. The summed E-state index contributed by atoms with van der Waals surface area (Å²) in [5.74, 6) is 1.56. The van der Waals surface area contributed by atoms with Crippen molar-refractivity contribution in [1.29, 1.82) is 0 Å². The molecule has 7 unspecified atom stereocenters. The fourth-order valence-electron chi connectivity index (χ4n) is 8.89. The first kappa shape index (κ1) is 20.0. The smallest absolute Gasteiger partial charge is 0.310 e. The number of rotatable bonds is 4. The van der Waals surface area contributed by atoms with Crippen molar-refractivity contribution in [2.45, 2.75) is 76.9 Å². The number of hydrogen-bond donors (Lipinski definition) is 0. The summed E-state index contributed by atoms with van der Waals surface area (Å²) in [4.78, 5) is 38.3. The highest BCUT2D eigenvalue weighted by Gasteiger charge is 2.62. The van der Waals surface area contributed by atoms with Gasteiger partial charge in [0.25, 0.3) is 0 Å². The number of esters is 3. The summed E-state index contributed by atoms with van der Waals surface area (Å²) in [7, 11) is 0. The van der Waals surface area contributed by atoms with Crippen molar-refractivity contribution in [3.05, 3.63) is 0 Å². The van der Waals surface area contributed by atoms with Crippen molar-refractivity contribution in [3.8, 4) is 0 Å². The Morgan fingerprint density at radius 3 is 1.94 bits per heavy atom. The maximum Gasteiger partial charge on any atom is 0.310 e. The van der Waals surface area contributed by atoms with E-state index in [-0.39, 0.29) is 48.4 Å². The minimum Gasteiger partial charge on any atom is -0.462 e. The normalized spacial score (nSPS) is 51.7. The summed E-state index contributed by atoms with van der Waals surface area (Å²) >= 11 is 0. The van der Waals surface area contributed by atoms with E-state index in [1.807, 2.05) is 0 Å². The van der Waals surface area contributed by atoms with Gasteiger partial charge in [0.1, 0.15) is 18.3 Å². The highest BCUT2D eigenvalue weighted by molar-refractivity contribution is 5.84. The average Bonchev–Trinajstić information content (AvgIpc) is 3.35. The molecule has 0 N–H and O–H groups in total. The molecule has 0 aromatic heterocycles. The highest BCUT2D eigenvalue weighted by Crippen LogP contribution is 2.61. The molecule has 0 spiro atoms. The minimum absolute atomic E-state index is 0.112. The molecule has 6 saturated carbocycles. The topological polar surface area (TPSA) is 78.9 Å². The second kappa shape index (κ2) is 6.95. The van der Waals surface area contributed by atoms with Crippen LogP contribution in [0, 0.1) is 53.3 Å². The van der Waals surface area contributed by atoms with Crippen LogP contribution in [0.2, 0.25) is 0 Å². The molecule has 0 radical (unpaired) electrons. The molecule has 1 saturated heterocycles. The van der Waals surface area contributed by atoms with Crippen molar-refractivity contribution in [2.24, 2.45) is 53.3 Å². The van der Waals surface area contributed by atoms with E-state index in [0.29, 0.717) is 29.6 Å². The third-order valence-corrected chi connectivity index (χ3v) is 9.98. The maximum atomic E-state index is 13.7. The van der Waals surface area contributed by atoms with E-state index in [2.05, 4.69) is 13.8 Å². The van der Waals surface area contributed by atoms with Gasteiger partial charge < -0.3 is 14.2 Å². The van der Waals surface area contributed by atoms with E-state index in [9.17, 15) is 14.4 Å². The summed E-state index contributed by atoms with van der Waals surface area (Å²) in [6.45, 7) is 4.53. The largest absolute Gasteiger partial charge is 0.462 e. The molecule has 0 aromatic carbocycles. The summed E-state index contributed by atoms with van der Waals surface area (Å²) in [6.07, 6.45) is 7.41. The molecule has 7 rings (SSSR count). The lowest BCUT2D eigenvalue weighted by Gasteiger charge is -2.56. The molecule has 0 aromatic rings. The third kappa shape index (κ3) is 3.14. The van der Waals surface area contributed by atoms with Crippen molar-refractivity contribution < 1.29 is 28.6 Å². The predicted molar refractivity (Wildman–Crippen MR) is 109 cm³/mol. The van der Waals surface area contributed by atoms with E-state index in [0.717, 1.165) is 25.7 Å². The fraction of sp³-hybridized carbons (Fsp3) is 0.880. The van der Waals surface area contributed by atoms with E-state index in [1.54, 1.807) is 0 Å². The summed E-state index contributed by atoms with van der Waals surface area (Å²) in [5, 5.41) is 0. The Balaban J connectivity index is 1.22. The monoisotopic (exact) mass is 430 g/mol. The summed E-state index contributed by atoms with van der Waals surface area (Å²) in [6, 6.07) is 0. The van der Waals surface area contributed by atoms with Gasteiger partial charge in [0.05, 0.1) is 18.3 Å². The first-order valence-corrected chi connectivity index (χ1v) is 12.4. The molecule has 7 fully saturated rings. The molecule has 170 valence electrons. The van der Waals surface area contributed by atoms with Crippen LogP contribution in [0.15, 0.2) is 0 Å². The van der Waals surface area contributed by atoms with Gasteiger partial charge >= 0.3 is 17.9 Å². The Labute approximate surface area is 183 Å². The van der Waals surface area contributed by atoms with Gasteiger partial charge in [-0.15, -0.1) is 0 Å². The van der Waals surface area contributed by atoms with Crippen LogP contribution in [-0.4, -0.2) is 36.2 Å². The van der Waals surface area contributed by atoms with Crippen molar-refractivity contribution in [2.75, 3.05) is 6.61 Å². The van der Waals surface area contributed by atoms with Crippen LogP contribution < -0.4 is 0 Å². The zero-order valence-corrected chi connectivity index (χ0v) is 18.6. The molecule has 7 aliphatic rings. The van der Waals surface area contributed by atoms with Crippen LogP contribution in [0.1, 0.15) is 65.2 Å². The highest BCUT2D eigenvalue weighted by atomic mass is 16.6. The van der Waals surface area contributed by atoms with Gasteiger partial charge in [-0.2, -0.15) is 0 Å². The molecular weight excluding hydrogens is 396 g/mol. The molecule has 6 nitrogen and oxygen atoms in total. The number of hydrogen-bond acceptors (Lipinski definition) is 6. The van der Waals surface area contributed by atoms with Crippen LogP contribution in [0.5, 0.6) is 0 Å². The number of ether oxygens (including phenoxy) is 3. The first-order valence-electron chi connectivity index (χ1n) is 12.4. The number of carbonyl (C=O) groups is 3. The van der Waals surface area contributed by atoms with E-state index >= 15 is 0 Å². The number of carbonyl (C=O) groups excluding carboxylic acids is 3. The second-order valence-corrected chi connectivity index (χ2v) is 11.8. The quantitative estimate of drug-likeness (QED) is 0.502. The molecule has 6 heteroatoms. The molecule has 6 aliphatic carbocycles. The van der Waals surface area contributed by atoms with Gasteiger partial charge in [-0.25, -0.2) is 0 Å². The Bertz CT molecular complexity index is 769. The maximum absolute atomic E-state index is 13.7. The van der Waals surface area contributed by atoms with Crippen LogP contribution in [0.3, 0.4) is 0 Å². The lowest BCUT2D eigenvalue weighted by Crippen LogP contribution is -2.54. The lowest BCUT2D eigenvalue weighted by molar-refractivity contribution is -0.198.